The summed E-state index contributed by atoms with van der Waals surface area (Å²) in [6, 6.07) is 4.55. The highest BCUT2D eigenvalue weighted by Gasteiger charge is 2.14. The van der Waals surface area contributed by atoms with E-state index in [0.717, 1.165) is 0 Å². The minimum absolute atomic E-state index is 0.0565. The Balaban J connectivity index is 2.03. The molecule has 0 saturated heterocycles. The van der Waals surface area contributed by atoms with Crippen LogP contribution in [0.3, 0.4) is 0 Å². The van der Waals surface area contributed by atoms with E-state index in [-0.39, 0.29) is 11.9 Å². The van der Waals surface area contributed by atoms with Crippen molar-refractivity contribution in [2.24, 2.45) is 0 Å². The van der Waals surface area contributed by atoms with Crippen LogP contribution in [-0.4, -0.2) is 19.1 Å². The Morgan fingerprint density at radius 2 is 2.26 bits per heavy atom. The molecule has 2 N–H and O–H groups in total. The molecule has 0 aliphatic carbocycles. The summed E-state index contributed by atoms with van der Waals surface area (Å²) in [6.07, 6.45) is 5.35. The molecule has 1 aromatic carbocycles. The molecule has 1 unspecified atom stereocenters. The van der Waals surface area contributed by atoms with Crippen LogP contribution in [0.5, 0.6) is 0 Å². The molecule has 0 aliphatic heterocycles. The lowest BCUT2D eigenvalue weighted by molar-refractivity contribution is 0.478. The number of aromatic nitrogens is 4. The van der Waals surface area contributed by atoms with Crippen molar-refractivity contribution in [3.05, 3.63) is 42.7 Å². The third kappa shape index (κ3) is 2.05. The van der Waals surface area contributed by atoms with Gasteiger partial charge in [0.05, 0.1) is 23.4 Å². The van der Waals surface area contributed by atoms with Crippen LogP contribution < -0.4 is 5.73 Å². The van der Waals surface area contributed by atoms with E-state index in [1.807, 2.05) is 22.3 Å². The average Bonchev–Trinajstić information content (AvgIpc) is 2.95. The first-order valence-electron chi connectivity index (χ1n) is 6.04. The van der Waals surface area contributed by atoms with Crippen LogP contribution in [0.15, 0.2) is 36.9 Å². The van der Waals surface area contributed by atoms with E-state index in [2.05, 4.69) is 9.97 Å². The van der Waals surface area contributed by atoms with Crippen molar-refractivity contribution in [2.45, 2.75) is 19.5 Å². The third-order valence-electron chi connectivity index (χ3n) is 3.15. The maximum Gasteiger partial charge on any atom is 0.201 e. The number of benzene rings is 1. The predicted molar refractivity (Wildman–Crippen MR) is 71.0 cm³/mol. The van der Waals surface area contributed by atoms with Crippen LogP contribution in [0.2, 0.25) is 0 Å². The molecule has 0 bridgehead atoms. The van der Waals surface area contributed by atoms with Crippen LogP contribution in [-0.2, 0) is 6.54 Å². The molecule has 19 heavy (non-hydrogen) atoms. The lowest BCUT2D eigenvalue weighted by Crippen LogP contribution is -2.14. The fourth-order valence-electron chi connectivity index (χ4n) is 2.33. The summed E-state index contributed by atoms with van der Waals surface area (Å²) in [4.78, 5) is 8.26. The first kappa shape index (κ1) is 11.7. The molecule has 98 valence electrons. The zero-order chi connectivity index (χ0) is 13.4. The van der Waals surface area contributed by atoms with Gasteiger partial charge in [-0.1, -0.05) is 0 Å². The maximum atomic E-state index is 13.4. The van der Waals surface area contributed by atoms with Gasteiger partial charge in [0.15, 0.2) is 0 Å². The van der Waals surface area contributed by atoms with Crippen molar-refractivity contribution >= 4 is 17.0 Å². The van der Waals surface area contributed by atoms with Crippen molar-refractivity contribution in [3.63, 3.8) is 0 Å². The average molecular weight is 259 g/mol. The van der Waals surface area contributed by atoms with Gasteiger partial charge in [-0.15, -0.1) is 0 Å². The van der Waals surface area contributed by atoms with Gasteiger partial charge < -0.3 is 14.9 Å². The second-order valence-corrected chi connectivity index (χ2v) is 4.58. The summed E-state index contributed by atoms with van der Waals surface area (Å²) in [6.45, 7) is 2.72. The highest BCUT2D eigenvalue weighted by atomic mass is 19.1. The highest BCUT2D eigenvalue weighted by molar-refractivity contribution is 5.78. The Bertz CT molecular complexity index is 701. The SMILES string of the molecule is CC(Cn1ccnc1)n1c(N)nc2ccc(F)cc21. The molecule has 5 nitrogen and oxygen atoms in total. The van der Waals surface area contributed by atoms with Gasteiger partial charge in [0, 0.05) is 18.9 Å². The largest absolute Gasteiger partial charge is 0.369 e. The predicted octanol–water partition coefficient (Wildman–Crippen LogP) is 2.22. The van der Waals surface area contributed by atoms with E-state index in [0.29, 0.717) is 23.5 Å². The molecule has 0 spiro atoms. The minimum atomic E-state index is -0.288. The molecule has 0 radical (unpaired) electrons. The lowest BCUT2D eigenvalue weighted by Gasteiger charge is -2.16. The first-order chi connectivity index (χ1) is 9.15. The molecule has 2 aromatic heterocycles. The van der Waals surface area contributed by atoms with Gasteiger partial charge in [0.1, 0.15) is 5.82 Å². The van der Waals surface area contributed by atoms with E-state index < -0.39 is 0 Å². The van der Waals surface area contributed by atoms with Gasteiger partial charge in [-0.05, 0) is 25.1 Å². The van der Waals surface area contributed by atoms with Crippen LogP contribution in [0.1, 0.15) is 13.0 Å². The van der Waals surface area contributed by atoms with Crippen molar-refractivity contribution in [1.82, 2.24) is 19.1 Å². The lowest BCUT2D eigenvalue weighted by atomic mass is 10.2. The van der Waals surface area contributed by atoms with E-state index in [9.17, 15) is 4.39 Å². The molecule has 0 saturated carbocycles. The summed E-state index contributed by atoms with van der Waals surface area (Å²) in [7, 11) is 0. The summed E-state index contributed by atoms with van der Waals surface area (Å²) in [5, 5.41) is 0. The molecule has 6 heteroatoms. The number of nitrogens with zero attached hydrogens (tertiary/aromatic N) is 4. The van der Waals surface area contributed by atoms with Gasteiger partial charge in [0.2, 0.25) is 5.95 Å². The second-order valence-electron chi connectivity index (χ2n) is 4.58. The number of rotatable bonds is 3. The molecular weight excluding hydrogens is 245 g/mol. The smallest absolute Gasteiger partial charge is 0.201 e. The molecular formula is C13H14FN5. The first-order valence-corrected chi connectivity index (χ1v) is 6.04. The number of hydrogen-bond donors (Lipinski definition) is 1. The number of hydrogen-bond acceptors (Lipinski definition) is 3. The fraction of sp³-hybridized carbons (Fsp3) is 0.231. The van der Waals surface area contributed by atoms with Crippen molar-refractivity contribution in [3.8, 4) is 0 Å². The quantitative estimate of drug-likeness (QED) is 0.784. The molecule has 2 heterocycles. The summed E-state index contributed by atoms with van der Waals surface area (Å²) in [5.41, 5.74) is 7.36. The number of nitrogen functional groups attached to an aromatic ring is 1. The summed E-state index contributed by atoms with van der Waals surface area (Å²) >= 11 is 0. The second kappa shape index (κ2) is 4.38. The van der Waals surface area contributed by atoms with E-state index >= 15 is 0 Å². The Hall–Kier alpha value is -2.37. The normalized spacial score (nSPS) is 12.9. The van der Waals surface area contributed by atoms with Gasteiger partial charge >= 0.3 is 0 Å². The molecule has 0 fully saturated rings. The van der Waals surface area contributed by atoms with Crippen LogP contribution >= 0.6 is 0 Å². The Morgan fingerprint density at radius 1 is 1.42 bits per heavy atom. The van der Waals surface area contributed by atoms with Gasteiger partial charge in [0.25, 0.3) is 0 Å². The third-order valence-corrected chi connectivity index (χ3v) is 3.15. The minimum Gasteiger partial charge on any atom is -0.369 e. The van der Waals surface area contributed by atoms with E-state index in [1.165, 1.54) is 12.1 Å². The number of halogens is 1. The molecule has 0 aliphatic rings. The number of anilines is 1. The summed E-state index contributed by atoms with van der Waals surface area (Å²) in [5.74, 6) is 0.108. The standard InChI is InChI=1S/C13H14FN5/c1-9(7-18-5-4-16-8-18)19-12-6-10(14)2-3-11(12)17-13(19)15/h2-6,8-9H,7H2,1H3,(H2,15,17). The number of nitrogens with two attached hydrogens (primary N) is 1. The van der Waals surface area contributed by atoms with Crippen LogP contribution in [0, 0.1) is 5.82 Å². The molecule has 3 aromatic rings. The fourth-order valence-corrected chi connectivity index (χ4v) is 2.33. The van der Waals surface area contributed by atoms with Crippen molar-refractivity contribution in [2.75, 3.05) is 5.73 Å². The van der Waals surface area contributed by atoms with Crippen molar-refractivity contribution in [1.29, 1.82) is 0 Å². The van der Waals surface area contributed by atoms with Gasteiger partial charge in [-0.3, -0.25) is 0 Å². The zero-order valence-electron chi connectivity index (χ0n) is 10.5. The van der Waals surface area contributed by atoms with E-state index in [1.54, 1.807) is 18.6 Å². The van der Waals surface area contributed by atoms with Gasteiger partial charge in [-0.25, -0.2) is 14.4 Å². The number of imidazole rings is 2. The summed E-state index contributed by atoms with van der Waals surface area (Å²) < 4.78 is 17.2. The Morgan fingerprint density at radius 3 is 3.00 bits per heavy atom. The van der Waals surface area contributed by atoms with Crippen molar-refractivity contribution < 1.29 is 4.39 Å². The van der Waals surface area contributed by atoms with Gasteiger partial charge in [-0.2, -0.15) is 0 Å². The topological polar surface area (TPSA) is 61.7 Å². The van der Waals surface area contributed by atoms with E-state index in [4.69, 9.17) is 5.73 Å². The molecule has 1 atom stereocenters. The number of fused-ring (bicyclic) bond motifs is 1. The highest BCUT2D eigenvalue weighted by Crippen LogP contribution is 2.24. The monoisotopic (exact) mass is 259 g/mol. The Kier molecular flexibility index (Phi) is 2.70. The van der Waals surface area contributed by atoms with Crippen LogP contribution in [0.4, 0.5) is 10.3 Å². The molecule has 0 amide bonds. The zero-order valence-corrected chi connectivity index (χ0v) is 10.5. The Labute approximate surface area is 109 Å². The molecule has 3 rings (SSSR count). The van der Waals surface area contributed by atoms with Crippen LogP contribution in [0.25, 0.3) is 11.0 Å². The maximum absolute atomic E-state index is 13.4.